The third-order valence-corrected chi connectivity index (χ3v) is 4.14. The van der Waals surface area contributed by atoms with Crippen molar-refractivity contribution in [2.75, 3.05) is 0 Å². The highest BCUT2D eigenvalue weighted by atomic mass is 16.6. The van der Waals surface area contributed by atoms with Gasteiger partial charge in [-0.15, -0.1) is 0 Å². The van der Waals surface area contributed by atoms with Crippen LogP contribution in [-0.2, 0) is 16.0 Å². The van der Waals surface area contributed by atoms with Crippen molar-refractivity contribution in [2.45, 2.75) is 72.8 Å². The number of esters is 1. The molecule has 0 saturated carbocycles. The molecule has 0 saturated heterocycles. The van der Waals surface area contributed by atoms with Crippen molar-refractivity contribution in [1.82, 2.24) is 0 Å². The molecule has 0 radical (unpaired) electrons. The molecule has 0 aliphatic heterocycles. The molecule has 0 unspecified atom stereocenters. The highest BCUT2D eigenvalue weighted by Gasteiger charge is 2.23. The summed E-state index contributed by atoms with van der Waals surface area (Å²) in [6, 6.07) is 10.7. The van der Waals surface area contributed by atoms with E-state index in [-0.39, 0.29) is 11.9 Å². The molecule has 0 bridgehead atoms. The predicted octanol–water partition coefficient (Wildman–Crippen LogP) is 5.65. The zero-order chi connectivity index (χ0) is 17.5. The molecule has 1 aromatic carbocycles. The zero-order valence-corrected chi connectivity index (χ0v) is 15.8. The molecule has 0 aliphatic carbocycles. The molecule has 2 nitrogen and oxygen atoms in total. The Labute approximate surface area is 142 Å². The van der Waals surface area contributed by atoms with E-state index >= 15 is 0 Å². The van der Waals surface area contributed by atoms with Crippen LogP contribution < -0.4 is 0 Å². The van der Waals surface area contributed by atoms with E-state index < -0.39 is 5.60 Å². The molecule has 0 amide bonds. The van der Waals surface area contributed by atoms with Crippen LogP contribution in [0.3, 0.4) is 0 Å². The first kappa shape index (κ1) is 19.7. The number of ether oxygens (including phenoxy) is 1. The molecule has 0 spiro atoms. The smallest absolute Gasteiger partial charge is 0.309 e. The highest BCUT2D eigenvalue weighted by Crippen LogP contribution is 2.24. The summed E-state index contributed by atoms with van der Waals surface area (Å²) in [4.78, 5) is 12.1. The van der Waals surface area contributed by atoms with Crippen LogP contribution in [0, 0.1) is 17.8 Å². The van der Waals surface area contributed by atoms with E-state index in [0.29, 0.717) is 11.8 Å². The maximum atomic E-state index is 12.1. The van der Waals surface area contributed by atoms with Gasteiger partial charge in [-0.3, -0.25) is 4.79 Å². The van der Waals surface area contributed by atoms with Gasteiger partial charge in [-0.25, -0.2) is 0 Å². The molecule has 1 aromatic rings. The van der Waals surface area contributed by atoms with Crippen LogP contribution in [0.2, 0.25) is 0 Å². The van der Waals surface area contributed by atoms with Gasteiger partial charge < -0.3 is 4.74 Å². The third-order valence-electron chi connectivity index (χ3n) is 4.14. The molecule has 0 heterocycles. The number of aryl methyl sites for hydroxylation is 1. The number of benzene rings is 1. The molecule has 130 valence electrons. The maximum Gasteiger partial charge on any atom is 0.309 e. The Kier molecular flexibility index (Phi) is 7.81. The van der Waals surface area contributed by atoms with Gasteiger partial charge in [0, 0.05) is 0 Å². The van der Waals surface area contributed by atoms with Gasteiger partial charge in [0.1, 0.15) is 5.60 Å². The lowest BCUT2D eigenvalue weighted by Crippen LogP contribution is -2.28. The summed E-state index contributed by atoms with van der Waals surface area (Å²) in [7, 11) is 0. The largest absolute Gasteiger partial charge is 0.460 e. The maximum absolute atomic E-state index is 12.1. The summed E-state index contributed by atoms with van der Waals surface area (Å²) in [6.07, 6.45) is 4.41. The van der Waals surface area contributed by atoms with Crippen LogP contribution in [0.5, 0.6) is 0 Å². The highest BCUT2D eigenvalue weighted by molar-refractivity contribution is 5.72. The van der Waals surface area contributed by atoms with Gasteiger partial charge in [-0.2, -0.15) is 0 Å². The second kappa shape index (κ2) is 9.10. The summed E-state index contributed by atoms with van der Waals surface area (Å²) in [5.41, 5.74) is 1.02. The fourth-order valence-corrected chi connectivity index (χ4v) is 3.06. The summed E-state index contributed by atoms with van der Waals surface area (Å²) >= 11 is 0. The topological polar surface area (TPSA) is 26.3 Å². The van der Waals surface area contributed by atoms with Crippen molar-refractivity contribution in [1.29, 1.82) is 0 Å². The molecule has 1 rings (SSSR count). The molecule has 23 heavy (non-hydrogen) atoms. The third kappa shape index (κ3) is 8.78. The zero-order valence-electron chi connectivity index (χ0n) is 15.8. The fourth-order valence-electron chi connectivity index (χ4n) is 3.06. The Morgan fingerprint density at radius 1 is 1.00 bits per heavy atom. The van der Waals surface area contributed by atoms with E-state index in [4.69, 9.17) is 4.74 Å². The van der Waals surface area contributed by atoms with E-state index in [2.05, 4.69) is 44.2 Å². The Hall–Kier alpha value is -1.31. The summed E-state index contributed by atoms with van der Waals surface area (Å²) in [5.74, 6) is 1.13. The molecule has 2 heteroatoms. The second-order valence-electron chi connectivity index (χ2n) is 8.14. The number of carbonyl (C=O) groups is 1. The van der Waals surface area contributed by atoms with E-state index in [9.17, 15) is 4.79 Å². The number of carbonyl (C=O) groups excluding carboxylic acids is 1. The van der Waals surface area contributed by atoms with E-state index in [1.54, 1.807) is 0 Å². The average Bonchev–Trinajstić information content (AvgIpc) is 2.44. The lowest BCUT2D eigenvalue weighted by molar-refractivity contribution is -0.160. The van der Waals surface area contributed by atoms with Crippen molar-refractivity contribution in [3.8, 4) is 0 Å². The van der Waals surface area contributed by atoms with Gasteiger partial charge in [0.25, 0.3) is 0 Å². The monoisotopic (exact) mass is 318 g/mol. The minimum absolute atomic E-state index is 0.0226. The van der Waals surface area contributed by atoms with Crippen molar-refractivity contribution in [3.63, 3.8) is 0 Å². The number of hydrogen-bond acceptors (Lipinski definition) is 2. The van der Waals surface area contributed by atoms with Gasteiger partial charge in [0.2, 0.25) is 0 Å². The van der Waals surface area contributed by atoms with Crippen LogP contribution in [0.1, 0.15) is 66.4 Å². The Morgan fingerprint density at radius 3 is 2.17 bits per heavy atom. The van der Waals surface area contributed by atoms with Gasteiger partial charge in [-0.05, 0) is 63.9 Å². The second-order valence-corrected chi connectivity index (χ2v) is 8.14. The van der Waals surface area contributed by atoms with Crippen LogP contribution in [0.25, 0.3) is 0 Å². The minimum Gasteiger partial charge on any atom is -0.460 e. The lowest BCUT2D eigenvalue weighted by Gasteiger charge is -2.24. The molecule has 0 aliphatic rings. The number of hydrogen-bond donors (Lipinski definition) is 0. The van der Waals surface area contributed by atoms with E-state index in [1.165, 1.54) is 18.4 Å². The summed E-state index contributed by atoms with van der Waals surface area (Å²) < 4.78 is 5.47. The van der Waals surface area contributed by atoms with Gasteiger partial charge >= 0.3 is 5.97 Å². The van der Waals surface area contributed by atoms with E-state index in [0.717, 1.165) is 12.8 Å². The van der Waals surface area contributed by atoms with Crippen LogP contribution in [0.15, 0.2) is 30.3 Å². The molecular weight excluding hydrogens is 284 g/mol. The first-order valence-electron chi connectivity index (χ1n) is 8.94. The van der Waals surface area contributed by atoms with Gasteiger partial charge in [0.15, 0.2) is 0 Å². The molecule has 0 N–H and O–H groups in total. The first-order chi connectivity index (χ1) is 10.7. The van der Waals surface area contributed by atoms with Crippen LogP contribution in [0.4, 0.5) is 0 Å². The Balaban J connectivity index is 2.31. The average molecular weight is 319 g/mol. The standard InChI is InChI=1S/C21H34O2/c1-16(12-13-19-10-8-7-9-11-19)14-17(2)15-18(3)20(22)23-21(4,5)6/h7-11,16-18H,12-15H2,1-6H3/t16-,17-,18-/m0/s1. The van der Waals surface area contributed by atoms with Crippen LogP contribution >= 0.6 is 0 Å². The Morgan fingerprint density at radius 2 is 1.61 bits per heavy atom. The van der Waals surface area contributed by atoms with Crippen molar-refractivity contribution >= 4 is 5.97 Å². The van der Waals surface area contributed by atoms with Crippen molar-refractivity contribution < 1.29 is 9.53 Å². The van der Waals surface area contributed by atoms with E-state index in [1.807, 2.05) is 27.7 Å². The molecule has 0 fully saturated rings. The Bertz CT molecular complexity index is 458. The normalized spacial score (nSPS) is 15.7. The van der Waals surface area contributed by atoms with Gasteiger partial charge in [0.05, 0.1) is 5.92 Å². The quantitative estimate of drug-likeness (QED) is 0.579. The molecule has 0 aromatic heterocycles. The minimum atomic E-state index is -0.391. The predicted molar refractivity (Wildman–Crippen MR) is 97.3 cm³/mol. The molecule has 3 atom stereocenters. The number of rotatable bonds is 8. The summed E-state index contributed by atoms with van der Waals surface area (Å²) in [5, 5.41) is 0. The SMILES string of the molecule is C[C@@H](CCc1ccccc1)C[C@H](C)C[C@H](C)C(=O)OC(C)(C)C. The summed E-state index contributed by atoms with van der Waals surface area (Å²) in [6.45, 7) is 12.3. The first-order valence-corrected chi connectivity index (χ1v) is 8.94. The van der Waals surface area contributed by atoms with Crippen molar-refractivity contribution in [2.24, 2.45) is 17.8 Å². The molecular formula is C21H34O2. The van der Waals surface area contributed by atoms with Crippen LogP contribution in [-0.4, -0.2) is 11.6 Å². The fraction of sp³-hybridized carbons (Fsp3) is 0.667. The van der Waals surface area contributed by atoms with Gasteiger partial charge in [-0.1, -0.05) is 51.1 Å². The van der Waals surface area contributed by atoms with Crippen molar-refractivity contribution in [3.05, 3.63) is 35.9 Å². The lowest BCUT2D eigenvalue weighted by atomic mass is 9.87.